The average Bonchev–Trinajstić information content (AvgIpc) is 2.67. The molecule has 1 heterocycles. The van der Waals surface area contributed by atoms with E-state index in [1.54, 1.807) is 7.11 Å². The number of nitrogens with zero attached hydrogens (tertiary/aromatic N) is 1. The topological polar surface area (TPSA) is 30.9 Å². The maximum absolute atomic E-state index is 5.93. The zero-order valence-corrected chi connectivity index (χ0v) is 15.5. The minimum atomic E-state index is 0.504. The zero-order valence-electron chi connectivity index (χ0n) is 14.7. The third-order valence-corrected chi connectivity index (χ3v) is 4.72. The Hall–Kier alpha value is -2.11. The monoisotopic (exact) mass is 357 g/mol. The molecule has 1 aliphatic heterocycles. The zero-order chi connectivity index (χ0) is 17.6. The smallest absolute Gasteiger partial charge is 0.161 e. The lowest BCUT2D eigenvalue weighted by atomic mass is 10.1. The lowest BCUT2D eigenvalue weighted by Gasteiger charge is -2.29. The van der Waals surface area contributed by atoms with E-state index in [0.29, 0.717) is 12.4 Å². The van der Waals surface area contributed by atoms with Crippen LogP contribution in [-0.4, -0.2) is 43.3 Å². The molecule has 0 aromatic heterocycles. The van der Waals surface area contributed by atoms with Gasteiger partial charge in [-0.1, -0.05) is 42.0 Å². The summed E-state index contributed by atoms with van der Waals surface area (Å²) in [6, 6.07) is 14.2. The molecular formula is C20H23NO3S. The Labute approximate surface area is 154 Å². The van der Waals surface area contributed by atoms with E-state index in [1.807, 2.05) is 18.2 Å². The van der Waals surface area contributed by atoms with Crippen molar-refractivity contribution >= 4 is 17.2 Å². The van der Waals surface area contributed by atoms with Crippen LogP contribution in [0.3, 0.4) is 0 Å². The Morgan fingerprint density at radius 1 is 1.08 bits per heavy atom. The van der Waals surface area contributed by atoms with Gasteiger partial charge in [0.2, 0.25) is 0 Å². The fourth-order valence-electron chi connectivity index (χ4n) is 2.71. The van der Waals surface area contributed by atoms with Crippen LogP contribution in [0.2, 0.25) is 0 Å². The maximum Gasteiger partial charge on any atom is 0.161 e. The molecule has 0 spiro atoms. The van der Waals surface area contributed by atoms with Crippen LogP contribution >= 0.6 is 12.2 Å². The summed E-state index contributed by atoms with van der Waals surface area (Å²) in [5.74, 6) is 1.41. The van der Waals surface area contributed by atoms with Crippen molar-refractivity contribution in [2.45, 2.75) is 13.5 Å². The first-order chi connectivity index (χ1) is 12.2. The van der Waals surface area contributed by atoms with E-state index in [1.165, 1.54) is 5.56 Å². The van der Waals surface area contributed by atoms with E-state index in [-0.39, 0.29) is 0 Å². The number of ether oxygens (including phenoxy) is 3. The van der Waals surface area contributed by atoms with E-state index in [0.717, 1.165) is 48.2 Å². The summed E-state index contributed by atoms with van der Waals surface area (Å²) in [6.45, 7) is 5.66. The fourth-order valence-corrected chi connectivity index (χ4v) is 3.02. The van der Waals surface area contributed by atoms with Crippen LogP contribution in [0.15, 0.2) is 42.5 Å². The third kappa shape index (κ3) is 4.50. The molecule has 132 valence electrons. The van der Waals surface area contributed by atoms with E-state index < -0.39 is 0 Å². The summed E-state index contributed by atoms with van der Waals surface area (Å²) >= 11 is 5.62. The number of methoxy groups -OCH3 is 1. The minimum Gasteiger partial charge on any atom is -0.493 e. The van der Waals surface area contributed by atoms with Crippen LogP contribution in [-0.2, 0) is 11.3 Å². The van der Waals surface area contributed by atoms with Gasteiger partial charge in [-0.2, -0.15) is 0 Å². The first-order valence-corrected chi connectivity index (χ1v) is 8.81. The molecule has 3 rings (SSSR count). The summed E-state index contributed by atoms with van der Waals surface area (Å²) < 4.78 is 16.8. The fraction of sp³-hybridized carbons (Fsp3) is 0.350. The first-order valence-electron chi connectivity index (χ1n) is 8.41. The summed E-state index contributed by atoms with van der Waals surface area (Å²) in [5, 5.41) is 0. The molecule has 0 unspecified atom stereocenters. The van der Waals surface area contributed by atoms with Gasteiger partial charge >= 0.3 is 0 Å². The molecule has 2 aromatic carbocycles. The summed E-state index contributed by atoms with van der Waals surface area (Å²) in [5.41, 5.74) is 3.33. The number of benzene rings is 2. The van der Waals surface area contributed by atoms with Crippen molar-refractivity contribution < 1.29 is 14.2 Å². The molecule has 4 nitrogen and oxygen atoms in total. The molecule has 0 saturated carbocycles. The second-order valence-electron chi connectivity index (χ2n) is 6.04. The number of rotatable bonds is 5. The molecule has 0 radical (unpaired) electrons. The van der Waals surface area contributed by atoms with Gasteiger partial charge < -0.3 is 19.1 Å². The number of hydrogen-bond acceptors (Lipinski definition) is 4. The van der Waals surface area contributed by atoms with Gasteiger partial charge in [0.25, 0.3) is 0 Å². The van der Waals surface area contributed by atoms with Gasteiger partial charge in [0, 0.05) is 18.7 Å². The molecule has 0 N–H and O–H groups in total. The van der Waals surface area contributed by atoms with Crippen molar-refractivity contribution in [3.05, 3.63) is 59.2 Å². The Morgan fingerprint density at radius 3 is 2.48 bits per heavy atom. The van der Waals surface area contributed by atoms with Crippen molar-refractivity contribution in [1.82, 2.24) is 4.90 Å². The van der Waals surface area contributed by atoms with Crippen LogP contribution in [0.4, 0.5) is 0 Å². The predicted molar refractivity (Wildman–Crippen MR) is 103 cm³/mol. The molecule has 5 heteroatoms. The van der Waals surface area contributed by atoms with Gasteiger partial charge in [-0.3, -0.25) is 0 Å². The van der Waals surface area contributed by atoms with E-state index in [2.05, 4.69) is 36.1 Å². The molecule has 1 fully saturated rings. The molecule has 1 saturated heterocycles. The van der Waals surface area contributed by atoms with Gasteiger partial charge in [-0.25, -0.2) is 0 Å². The Balaban J connectivity index is 1.70. The van der Waals surface area contributed by atoms with Crippen LogP contribution in [0.25, 0.3) is 0 Å². The third-order valence-electron chi connectivity index (χ3n) is 4.22. The summed E-state index contributed by atoms with van der Waals surface area (Å²) in [4.78, 5) is 2.99. The highest BCUT2D eigenvalue weighted by atomic mass is 32.1. The molecule has 0 amide bonds. The molecule has 0 bridgehead atoms. The quantitative estimate of drug-likeness (QED) is 0.763. The lowest BCUT2D eigenvalue weighted by molar-refractivity contribution is 0.0693. The molecule has 0 atom stereocenters. The van der Waals surface area contributed by atoms with Gasteiger partial charge in [0.1, 0.15) is 11.6 Å². The van der Waals surface area contributed by atoms with Crippen molar-refractivity contribution in [1.29, 1.82) is 0 Å². The number of thiocarbonyl (C=S) groups is 1. The van der Waals surface area contributed by atoms with Gasteiger partial charge in [0.15, 0.2) is 11.5 Å². The summed E-state index contributed by atoms with van der Waals surface area (Å²) in [7, 11) is 1.65. The Kier molecular flexibility index (Phi) is 5.89. The summed E-state index contributed by atoms with van der Waals surface area (Å²) in [6.07, 6.45) is 0. The number of morpholine rings is 1. The second kappa shape index (κ2) is 8.32. The predicted octanol–water partition coefficient (Wildman–Crippen LogP) is 3.59. The highest BCUT2D eigenvalue weighted by Crippen LogP contribution is 2.29. The molecule has 1 aliphatic rings. The molecule has 0 aliphatic carbocycles. The molecule has 2 aromatic rings. The normalized spacial score (nSPS) is 14.2. The second-order valence-corrected chi connectivity index (χ2v) is 6.43. The largest absolute Gasteiger partial charge is 0.493 e. The van der Waals surface area contributed by atoms with Crippen LogP contribution in [0, 0.1) is 6.92 Å². The standard InChI is InChI=1S/C20H23NO3S/c1-15-3-5-16(6-4-15)14-24-18-8-7-17(13-19(18)22-2)20(25)21-9-11-23-12-10-21/h3-8,13H,9-12,14H2,1-2H3. The molecule has 25 heavy (non-hydrogen) atoms. The maximum atomic E-state index is 5.93. The first kappa shape index (κ1) is 17.7. The van der Waals surface area contributed by atoms with Gasteiger partial charge in [-0.05, 0) is 30.7 Å². The van der Waals surface area contributed by atoms with Crippen molar-refractivity contribution in [3.63, 3.8) is 0 Å². The molecular weight excluding hydrogens is 334 g/mol. The Bertz CT molecular complexity index is 724. The average molecular weight is 357 g/mol. The van der Waals surface area contributed by atoms with E-state index in [9.17, 15) is 0 Å². The SMILES string of the molecule is COc1cc(C(=S)N2CCOCC2)ccc1OCc1ccc(C)cc1. The number of hydrogen-bond donors (Lipinski definition) is 0. The van der Waals surface area contributed by atoms with Crippen LogP contribution in [0.5, 0.6) is 11.5 Å². The lowest BCUT2D eigenvalue weighted by Crippen LogP contribution is -2.40. The Morgan fingerprint density at radius 2 is 1.80 bits per heavy atom. The van der Waals surface area contributed by atoms with Crippen LogP contribution in [0.1, 0.15) is 16.7 Å². The number of aryl methyl sites for hydroxylation is 1. The van der Waals surface area contributed by atoms with Crippen molar-refractivity contribution in [2.24, 2.45) is 0 Å². The van der Waals surface area contributed by atoms with Crippen molar-refractivity contribution in [3.8, 4) is 11.5 Å². The minimum absolute atomic E-state index is 0.504. The highest BCUT2D eigenvalue weighted by molar-refractivity contribution is 7.80. The van der Waals surface area contributed by atoms with Crippen LogP contribution < -0.4 is 9.47 Å². The highest BCUT2D eigenvalue weighted by Gasteiger charge is 2.17. The van der Waals surface area contributed by atoms with Gasteiger partial charge in [0.05, 0.1) is 20.3 Å². The van der Waals surface area contributed by atoms with E-state index >= 15 is 0 Å². The van der Waals surface area contributed by atoms with Gasteiger partial charge in [-0.15, -0.1) is 0 Å². The van der Waals surface area contributed by atoms with Crippen molar-refractivity contribution in [2.75, 3.05) is 33.4 Å². The van der Waals surface area contributed by atoms with E-state index in [4.69, 9.17) is 26.4 Å².